The fourth-order valence-corrected chi connectivity index (χ4v) is 5.41. The maximum absolute atomic E-state index is 14.2. The van der Waals surface area contributed by atoms with E-state index in [2.05, 4.69) is 15.4 Å². The van der Waals surface area contributed by atoms with Crippen LogP contribution in [0.1, 0.15) is 37.4 Å². The average molecular weight is 582 g/mol. The zero-order valence-corrected chi connectivity index (χ0v) is 23.8. The van der Waals surface area contributed by atoms with Crippen LogP contribution in [0.3, 0.4) is 0 Å². The third kappa shape index (κ3) is 6.71. The van der Waals surface area contributed by atoms with E-state index in [1.807, 2.05) is 19.1 Å². The maximum Gasteiger partial charge on any atom is 0.338 e. The van der Waals surface area contributed by atoms with Gasteiger partial charge in [-0.1, -0.05) is 49.0 Å². The highest BCUT2D eigenvalue weighted by Gasteiger charge is 2.35. The summed E-state index contributed by atoms with van der Waals surface area (Å²) in [6.07, 6.45) is 0.691. The summed E-state index contributed by atoms with van der Waals surface area (Å²) in [5, 5.41) is 8.30. The quantitative estimate of drug-likeness (QED) is 0.279. The van der Waals surface area contributed by atoms with Crippen molar-refractivity contribution in [2.24, 2.45) is 0 Å². The molecule has 0 bridgehead atoms. The lowest BCUT2D eigenvalue weighted by molar-refractivity contribution is -0.139. The molecule has 2 aromatic carbocycles. The zero-order valence-electron chi connectivity index (χ0n) is 23.0. The number of thioether (sulfide) groups is 1. The first kappa shape index (κ1) is 28.6. The number of carbonyl (C=O) groups is 2. The van der Waals surface area contributed by atoms with Gasteiger partial charge in [0.05, 0.1) is 25.4 Å². The van der Waals surface area contributed by atoms with E-state index in [4.69, 9.17) is 14.2 Å². The summed E-state index contributed by atoms with van der Waals surface area (Å²) in [6.45, 7) is 6.12. The van der Waals surface area contributed by atoms with Gasteiger partial charge in [-0.3, -0.25) is 4.79 Å². The minimum absolute atomic E-state index is 0.0733. The van der Waals surface area contributed by atoms with Gasteiger partial charge in [-0.05, 0) is 42.7 Å². The number of hydrogen-bond acceptors (Lipinski definition) is 9. The van der Waals surface area contributed by atoms with Crippen molar-refractivity contribution in [1.82, 2.24) is 19.7 Å². The first-order valence-electron chi connectivity index (χ1n) is 13.5. The van der Waals surface area contributed by atoms with E-state index in [1.165, 1.54) is 17.8 Å². The number of morpholine rings is 1. The topological polar surface area (TPSA) is 108 Å². The van der Waals surface area contributed by atoms with Gasteiger partial charge in [0.2, 0.25) is 11.1 Å². The molecule has 0 radical (unpaired) electrons. The molecule has 2 aliphatic heterocycles. The highest BCUT2D eigenvalue weighted by atomic mass is 32.2. The van der Waals surface area contributed by atoms with E-state index in [9.17, 15) is 14.0 Å². The fourth-order valence-electron chi connectivity index (χ4n) is 4.59. The molecule has 1 atom stereocenters. The molecule has 3 heterocycles. The molecular weight excluding hydrogens is 549 g/mol. The first-order valence-corrected chi connectivity index (χ1v) is 14.5. The number of halogens is 1. The number of nitrogens with one attached hydrogen (secondary N) is 1. The van der Waals surface area contributed by atoms with Crippen molar-refractivity contribution in [3.63, 3.8) is 0 Å². The van der Waals surface area contributed by atoms with Gasteiger partial charge in [0.1, 0.15) is 17.6 Å². The monoisotopic (exact) mass is 581 g/mol. The van der Waals surface area contributed by atoms with Gasteiger partial charge in [0.15, 0.2) is 6.61 Å². The molecule has 2 aliphatic rings. The van der Waals surface area contributed by atoms with E-state index in [1.54, 1.807) is 46.8 Å². The average Bonchev–Trinajstić information content (AvgIpc) is 3.40. The van der Waals surface area contributed by atoms with E-state index in [0.717, 1.165) is 5.56 Å². The van der Waals surface area contributed by atoms with Crippen LogP contribution >= 0.6 is 11.8 Å². The van der Waals surface area contributed by atoms with Crippen molar-refractivity contribution in [2.75, 3.05) is 44.8 Å². The maximum atomic E-state index is 14.2. The summed E-state index contributed by atoms with van der Waals surface area (Å²) < 4.78 is 32.4. The molecule has 3 aromatic rings. The molecular formula is C29H32FN5O5S. The summed E-state index contributed by atoms with van der Waals surface area (Å²) in [5.74, 6) is 0.524. The first-order chi connectivity index (χ1) is 19.9. The number of ether oxygens (including phenoxy) is 3. The Morgan fingerprint density at radius 1 is 1.15 bits per heavy atom. The van der Waals surface area contributed by atoms with Gasteiger partial charge in [-0.25, -0.2) is 13.9 Å². The second-order valence-electron chi connectivity index (χ2n) is 9.60. The van der Waals surface area contributed by atoms with E-state index in [-0.39, 0.29) is 18.3 Å². The van der Waals surface area contributed by atoms with Crippen molar-refractivity contribution >= 4 is 29.6 Å². The molecule has 41 heavy (non-hydrogen) atoms. The van der Waals surface area contributed by atoms with Crippen LogP contribution in [-0.4, -0.2) is 71.1 Å². The minimum atomic E-state index is -0.616. The number of hydrogen-bond donors (Lipinski definition) is 1. The van der Waals surface area contributed by atoms with E-state index in [0.29, 0.717) is 78.8 Å². The molecule has 1 aromatic heterocycles. The lowest BCUT2D eigenvalue weighted by Crippen LogP contribution is -2.42. The molecule has 1 fully saturated rings. The smallest absolute Gasteiger partial charge is 0.338 e. The number of esters is 1. The lowest BCUT2D eigenvalue weighted by Gasteiger charge is -2.28. The van der Waals surface area contributed by atoms with Crippen LogP contribution in [0.5, 0.6) is 5.75 Å². The summed E-state index contributed by atoms with van der Waals surface area (Å²) in [4.78, 5) is 32.0. The number of benzene rings is 2. The van der Waals surface area contributed by atoms with Crippen LogP contribution in [0.4, 0.5) is 10.3 Å². The SMILES string of the molecule is CCCOC(=O)C1=C(C)Nc2nc(SCc3ccccc3F)nn2C1c1ccc(OCC(=O)N2CCOCC2)cc1. The van der Waals surface area contributed by atoms with Crippen LogP contribution in [-0.2, 0) is 24.8 Å². The number of anilines is 1. The Labute approximate surface area is 241 Å². The molecule has 1 saturated heterocycles. The number of carbonyl (C=O) groups excluding carboxylic acids is 2. The second-order valence-corrected chi connectivity index (χ2v) is 10.5. The normalized spacial score (nSPS) is 16.7. The van der Waals surface area contributed by atoms with Gasteiger partial charge < -0.3 is 24.4 Å². The highest BCUT2D eigenvalue weighted by molar-refractivity contribution is 7.98. The predicted octanol–water partition coefficient (Wildman–Crippen LogP) is 4.19. The van der Waals surface area contributed by atoms with Crippen LogP contribution in [0.25, 0.3) is 0 Å². The van der Waals surface area contributed by atoms with Crippen molar-refractivity contribution in [1.29, 1.82) is 0 Å². The molecule has 1 unspecified atom stereocenters. The van der Waals surface area contributed by atoms with Crippen molar-refractivity contribution < 1.29 is 28.2 Å². The number of amides is 1. The van der Waals surface area contributed by atoms with Crippen LogP contribution in [0, 0.1) is 5.82 Å². The minimum Gasteiger partial charge on any atom is -0.484 e. The van der Waals surface area contributed by atoms with Gasteiger partial charge in [-0.15, -0.1) is 5.10 Å². The second kappa shape index (κ2) is 13.2. The highest BCUT2D eigenvalue weighted by Crippen LogP contribution is 2.37. The van der Waals surface area contributed by atoms with E-state index >= 15 is 0 Å². The van der Waals surface area contributed by atoms with Crippen LogP contribution < -0.4 is 10.1 Å². The van der Waals surface area contributed by atoms with Crippen molar-refractivity contribution in [2.45, 2.75) is 37.2 Å². The molecule has 12 heteroatoms. The van der Waals surface area contributed by atoms with Crippen LogP contribution in [0.15, 0.2) is 65.0 Å². The van der Waals surface area contributed by atoms with Crippen LogP contribution in [0.2, 0.25) is 0 Å². The third-order valence-corrected chi connectivity index (χ3v) is 7.61. The predicted molar refractivity (Wildman–Crippen MR) is 151 cm³/mol. The van der Waals surface area contributed by atoms with Gasteiger partial charge >= 0.3 is 5.97 Å². The third-order valence-electron chi connectivity index (χ3n) is 6.73. The summed E-state index contributed by atoms with van der Waals surface area (Å²) in [7, 11) is 0. The molecule has 10 nitrogen and oxygen atoms in total. The van der Waals surface area contributed by atoms with Crippen molar-refractivity contribution in [3.8, 4) is 5.75 Å². The molecule has 1 N–H and O–H groups in total. The molecule has 5 rings (SSSR count). The summed E-state index contributed by atoms with van der Waals surface area (Å²) >= 11 is 1.31. The number of rotatable bonds is 10. The molecule has 0 spiro atoms. The van der Waals surface area contributed by atoms with Gasteiger partial charge in [0, 0.05) is 24.5 Å². The molecule has 0 saturated carbocycles. The Morgan fingerprint density at radius 3 is 2.63 bits per heavy atom. The van der Waals surface area contributed by atoms with Crippen molar-refractivity contribution in [3.05, 3.63) is 76.7 Å². The number of fused-ring (bicyclic) bond motifs is 1. The Morgan fingerprint density at radius 2 is 1.90 bits per heavy atom. The molecule has 0 aliphatic carbocycles. The zero-order chi connectivity index (χ0) is 28.8. The summed E-state index contributed by atoms with van der Waals surface area (Å²) in [6, 6.07) is 13.2. The Hall–Kier alpha value is -3.90. The summed E-state index contributed by atoms with van der Waals surface area (Å²) in [5.41, 5.74) is 2.34. The Bertz CT molecular complexity index is 1420. The molecule has 1 amide bonds. The van der Waals surface area contributed by atoms with Gasteiger partial charge in [0.25, 0.3) is 5.91 Å². The van der Waals surface area contributed by atoms with Gasteiger partial charge in [-0.2, -0.15) is 4.98 Å². The number of aromatic nitrogens is 3. The molecule has 216 valence electrons. The number of nitrogens with zero attached hydrogens (tertiary/aromatic N) is 4. The fraction of sp³-hybridized carbons (Fsp3) is 0.379. The largest absolute Gasteiger partial charge is 0.484 e. The Kier molecular flexibility index (Phi) is 9.20. The van der Waals surface area contributed by atoms with E-state index < -0.39 is 12.0 Å². The Balaban J connectivity index is 1.37. The standard InChI is InChI=1S/C29H32FN5O5S/c1-3-14-39-27(37)25-19(2)31-28-32-29(41-18-21-6-4-5-7-23(21)30)33-35(28)26(25)20-8-10-22(11-9-20)40-17-24(36)34-12-15-38-16-13-34/h4-11,26H,3,12-18H2,1-2H3,(H,31,32,33). The number of allylic oxidation sites excluding steroid dienone is 1. The lowest BCUT2D eigenvalue weighted by atomic mass is 9.96.